The van der Waals surface area contributed by atoms with Crippen molar-refractivity contribution in [2.24, 2.45) is 7.05 Å². The van der Waals surface area contributed by atoms with Crippen LogP contribution in [0.4, 0.5) is 5.69 Å². The van der Waals surface area contributed by atoms with Crippen LogP contribution in [0.5, 0.6) is 0 Å². The maximum Gasteiger partial charge on any atom is 0.0946 e. The number of aryl methyl sites for hydroxylation is 1. The number of hydrogen-bond donors (Lipinski definition) is 2. The van der Waals surface area contributed by atoms with Crippen LogP contribution >= 0.6 is 15.9 Å². The summed E-state index contributed by atoms with van der Waals surface area (Å²) < 4.78 is 2.90. The molecule has 4 nitrogen and oxygen atoms in total. The molecule has 0 fully saturated rings. The number of anilines is 1. The lowest BCUT2D eigenvalue weighted by Gasteiger charge is -2.18. The number of nitrogens with one attached hydrogen (secondary N) is 1. The first-order chi connectivity index (χ1) is 8.20. The Morgan fingerprint density at radius 1 is 1.53 bits per heavy atom. The summed E-state index contributed by atoms with van der Waals surface area (Å²) in [5.41, 5.74) is 1.91. The van der Waals surface area contributed by atoms with Gasteiger partial charge < -0.3 is 15.0 Å². The number of rotatable bonds is 4. The quantitative estimate of drug-likeness (QED) is 0.910. The Hall–Kier alpha value is -1.33. The van der Waals surface area contributed by atoms with Crippen molar-refractivity contribution in [3.8, 4) is 0 Å². The van der Waals surface area contributed by atoms with E-state index in [-0.39, 0.29) is 12.6 Å². The first kappa shape index (κ1) is 12.1. The van der Waals surface area contributed by atoms with E-state index in [9.17, 15) is 5.11 Å². The summed E-state index contributed by atoms with van der Waals surface area (Å²) in [6, 6.07) is 7.69. The van der Waals surface area contributed by atoms with Crippen LogP contribution in [0.3, 0.4) is 0 Å². The number of aliphatic hydroxyl groups excluding tert-OH is 1. The molecule has 2 rings (SSSR count). The number of aliphatic hydroxyl groups is 1. The van der Waals surface area contributed by atoms with E-state index in [2.05, 4.69) is 26.2 Å². The Balaban J connectivity index is 2.19. The van der Waals surface area contributed by atoms with Crippen molar-refractivity contribution in [2.75, 3.05) is 11.9 Å². The van der Waals surface area contributed by atoms with E-state index in [1.165, 1.54) is 0 Å². The highest BCUT2D eigenvalue weighted by Gasteiger charge is 2.13. The molecule has 1 aromatic carbocycles. The van der Waals surface area contributed by atoms with Crippen LogP contribution in [0.2, 0.25) is 0 Å². The van der Waals surface area contributed by atoms with Gasteiger partial charge in [-0.25, -0.2) is 4.98 Å². The largest absolute Gasteiger partial charge is 0.394 e. The number of nitrogens with zero attached hydrogens (tertiary/aromatic N) is 2. The first-order valence-electron chi connectivity index (χ1n) is 5.30. The molecule has 0 radical (unpaired) electrons. The molecule has 0 spiro atoms. The Morgan fingerprint density at radius 2 is 2.35 bits per heavy atom. The van der Waals surface area contributed by atoms with Gasteiger partial charge >= 0.3 is 0 Å². The minimum absolute atomic E-state index is 0.0199. The van der Waals surface area contributed by atoms with Gasteiger partial charge in [0.05, 0.1) is 30.9 Å². The molecule has 0 aliphatic rings. The lowest BCUT2D eigenvalue weighted by atomic mass is 10.2. The van der Waals surface area contributed by atoms with Gasteiger partial charge in [-0.05, 0) is 18.2 Å². The molecular weight excluding hydrogens is 282 g/mol. The molecule has 1 heterocycles. The molecule has 0 amide bonds. The fourth-order valence-electron chi connectivity index (χ4n) is 1.70. The number of aromatic nitrogens is 2. The van der Waals surface area contributed by atoms with Crippen LogP contribution in [-0.2, 0) is 7.05 Å². The van der Waals surface area contributed by atoms with E-state index in [4.69, 9.17) is 0 Å². The normalized spacial score (nSPS) is 12.4. The summed E-state index contributed by atoms with van der Waals surface area (Å²) in [6.07, 6.45) is 3.48. The predicted octanol–water partition coefficient (Wildman–Crippen LogP) is 2.33. The van der Waals surface area contributed by atoms with Crippen molar-refractivity contribution in [3.63, 3.8) is 0 Å². The molecule has 5 heteroatoms. The van der Waals surface area contributed by atoms with E-state index in [1.807, 2.05) is 35.9 Å². The van der Waals surface area contributed by atoms with Crippen molar-refractivity contribution >= 4 is 21.6 Å². The van der Waals surface area contributed by atoms with Gasteiger partial charge in [0, 0.05) is 17.2 Å². The molecule has 0 aliphatic heterocycles. The zero-order valence-electron chi connectivity index (χ0n) is 9.47. The predicted molar refractivity (Wildman–Crippen MR) is 70.8 cm³/mol. The monoisotopic (exact) mass is 295 g/mol. The van der Waals surface area contributed by atoms with Gasteiger partial charge in [-0.15, -0.1) is 0 Å². The van der Waals surface area contributed by atoms with E-state index in [0.29, 0.717) is 0 Å². The topological polar surface area (TPSA) is 50.1 Å². The lowest BCUT2D eigenvalue weighted by molar-refractivity contribution is 0.272. The average Bonchev–Trinajstić information content (AvgIpc) is 2.72. The summed E-state index contributed by atoms with van der Waals surface area (Å²) in [7, 11) is 1.91. The van der Waals surface area contributed by atoms with Crippen LogP contribution in [0, 0.1) is 0 Å². The maximum absolute atomic E-state index is 9.44. The average molecular weight is 296 g/mol. The van der Waals surface area contributed by atoms with Gasteiger partial charge in [-0.1, -0.05) is 22.0 Å². The second kappa shape index (κ2) is 5.33. The van der Waals surface area contributed by atoms with E-state index >= 15 is 0 Å². The summed E-state index contributed by atoms with van der Waals surface area (Å²) in [6.45, 7) is 0.0199. The van der Waals surface area contributed by atoms with E-state index in [0.717, 1.165) is 15.9 Å². The number of imidazole rings is 1. The highest BCUT2D eigenvalue weighted by Crippen LogP contribution is 2.21. The van der Waals surface area contributed by atoms with Crippen molar-refractivity contribution in [3.05, 3.63) is 47.0 Å². The standard InChI is InChI=1S/C12H14BrN3O/c1-16-8-14-6-12(16)11(7-17)15-10-4-2-3-9(13)5-10/h2-6,8,11,15,17H,7H2,1H3. The molecular formula is C12H14BrN3O. The second-order valence-electron chi connectivity index (χ2n) is 3.82. The third kappa shape index (κ3) is 2.87. The summed E-state index contributed by atoms with van der Waals surface area (Å²) in [5, 5.41) is 12.7. The molecule has 17 heavy (non-hydrogen) atoms. The lowest BCUT2D eigenvalue weighted by Crippen LogP contribution is -2.17. The molecule has 1 unspecified atom stereocenters. The second-order valence-corrected chi connectivity index (χ2v) is 4.73. The Kier molecular flexibility index (Phi) is 3.81. The molecule has 90 valence electrons. The fraction of sp³-hybridized carbons (Fsp3) is 0.250. The van der Waals surface area contributed by atoms with Crippen molar-refractivity contribution < 1.29 is 5.11 Å². The van der Waals surface area contributed by atoms with Crippen molar-refractivity contribution in [2.45, 2.75) is 6.04 Å². The smallest absolute Gasteiger partial charge is 0.0946 e. The Morgan fingerprint density at radius 3 is 2.94 bits per heavy atom. The number of hydrogen-bond acceptors (Lipinski definition) is 3. The molecule has 0 bridgehead atoms. The van der Waals surface area contributed by atoms with E-state index in [1.54, 1.807) is 12.5 Å². The van der Waals surface area contributed by atoms with Gasteiger partial charge in [0.2, 0.25) is 0 Å². The molecule has 1 atom stereocenters. The van der Waals surface area contributed by atoms with Crippen molar-refractivity contribution in [1.82, 2.24) is 9.55 Å². The molecule has 0 aliphatic carbocycles. The third-order valence-electron chi connectivity index (χ3n) is 2.56. The maximum atomic E-state index is 9.44. The Labute approximate surface area is 108 Å². The van der Waals surface area contributed by atoms with Gasteiger partial charge in [0.1, 0.15) is 0 Å². The third-order valence-corrected chi connectivity index (χ3v) is 3.05. The van der Waals surface area contributed by atoms with Gasteiger partial charge in [-0.2, -0.15) is 0 Å². The van der Waals surface area contributed by atoms with Crippen LogP contribution in [-0.4, -0.2) is 21.3 Å². The van der Waals surface area contributed by atoms with Crippen molar-refractivity contribution in [1.29, 1.82) is 0 Å². The zero-order valence-corrected chi connectivity index (χ0v) is 11.1. The van der Waals surface area contributed by atoms with Crippen LogP contribution < -0.4 is 5.32 Å². The number of halogens is 1. The Bertz CT molecular complexity index is 498. The van der Waals surface area contributed by atoms with Crippen LogP contribution in [0.25, 0.3) is 0 Å². The van der Waals surface area contributed by atoms with E-state index < -0.39 is 0 Å². The highest BCUT2D eigenvalue weighted by atomic mass is 79.9. The SMILES string of the molecule is Cn1cncc1C(CO)Nc1cccc(Br)c1. The summed E-state index contributed by atoms with van der Waals surface area (Å²) in [5.74, 6) is 0. The number of benzene rings is 1. The highest BCUT2D eigenvalue weighted by molar-refractivity contribution is 9.10. The molecule has 0 saturated heterocycles. The molecule has 0 saturated carbocycles. The van der Waals surface area contributed by atoms with Gasteiger partial charge in [0.25, 0.3) is 0 Å². The minimum Gasteiger partial charge on any atom is -0.394 e. The van der Waals surface area contributed by atoms with Gasteiger partial charge in [0.15, 0.2) is 0 Å². The zero-order chi connectivity index (χ0) is 12.3. The van der Waals surface area contributed by atoms with Crippen LogP contribution in [0.1, 0.15) is 11.7 Å². The fourth-order valence-corrected chi connectivity index (χ4v) is 2.10. The molecule has 1 aromatic heterocycles. The summed E-state index contributed by atoms with van der Waals surface area (Å²) in [4.78, 5) is 4.05. The van der Waals surface area contributed by atoms with Crippen LogP contribution in [0.15, 0.2) is 41.3 Å². The van der Waals surface area contributed by atoms with Gasteiger partial charge in [-0.3, -0.25) is 0 Å². The first-order valence-corrected chi connectivity index (χ1v) is 6.09. The molecule has 2 N–H and O–H groups in total. The minimum atomic E-state index is -0.156. The molecule has 2 aromatic rings. The summed E-state index contributed by atoms with van der Waals surface area (Å²) >= 11 is 3.42.